The Hall–Kier alpha value is -2.43. The summed E-state index contributed by atoms with van der Waals surface area (Å²) < 4.78 is 0. The Morgan fingerprint density at radius 1 is 1.06 bits per heavy atom. The van der Waals surface area contributed by atoms with Crippen molar-refractivity contribution in [1.82, 2.24) is 19.9 Å². The first kappa shape index (κ1) is 8.84. The molecular formula is C11H9N5. The van der Waals surface area contributed by atoms with E-state index >= 15 is 0 Å². The van der Waals surface area contributed by atoms with Crippen LogP contribution in [0.25, 0.3) is 22.6 Å². The minimum Gasteiger partial charge on any atom is -0.382 e. The molecule has 2 heterocycles. The standard InChI is InChI=1S/C11H9N5/c12-10-9(13-5-6-14-10)11-15-7-3-1-2-4-8(7)16-11/h1-6H,(H2,12,14)(H,15,16). The highest BCUT2D eigenvalue weighted by Gasteiger charge is 2.09. The molecule has 5 heteroatoms. The Bertz CT molecular complexity index is 610. The van der Waals surface area contributed by atoms with Crippen molar-refractivity contribution in [2.24, 2.45) is 0 Å². The van der Waals surface area contributed by atoms with Gasteiger partial charge in [-0.2, -0.15) is 0 Å². The van der Waals surface area contributed by atoms with Crippen molar-refractivity contribution in [3.63, 3.8) is 0 Å². The van der Waals surface area contributed by atoms with Crippen molar-refractivity contribution in [1.29, 1.82) is 0 Å². The van der Waals surface area contributed by atoms with Gasteiger partial charge in [-0.05, 0) is 12.1 Å². The van der Waals surface area contributed by atoms with Gasteiger partial charge in [-0.1, -0.05) is 12.1 Å². The van der Waals surface area contributed by atoms with Crippen molar-refractivity contribution in [2.45, 2.75) is 0 Å². The van der Waals surface area contributed by atoms with Crippen LogP contribution in [0.3, 0.4) is 0 Å². The van der Waals surface area contributed by atoms with Crippen molar-refractivity contribution < 1.29 is 0 Å². The number of para-hydroxylation sites is 2. The van der Waals surface area contributed by atoms with Gasteiger partial charge in [0, 0.05) is 12.4 Å². The third kappa shape index (κ3) is 1.30. The van der Waals surface area contributed by atoms with Crippen LogP contribution in [0.2, 0.25) is 0 Å². The molecule has 0 amide bonds. The van der Waals surface area contributed by atoms with Crippen LogP contribution in [0.4, 0.5) is 5.82 Å². The number of rotatable bonds is 1. The topological polar surface area (TPSA) is 80.5 Å². The molecule has 0 aliphatic rings. The molecule has 3 rings (SSSR count). The average molecular weight is 211 g/mol. The fraction of sp³-hybridized carbons (Fsp3) is 0. The largest absolute Gasteiger partial charge is 0.382 e. The Balaban J connectivity index is 2.23. The molecule has 0 bridgehead atoms. The Labute approximate surface area is 91.4 Å². The summed E-state index contributed by atoms with van der Waals surface area (Å²) in [5.41, 5.74) is 8.17. The molecule has 3 N–H and O–H groups in total. The van der Waals surface area contributed by atoms with Gasteiger partial charge in [0.25, 0.3) is 0 Å². The number of benzene rings is 1. The Kier molecular flexibility index (Phi) is 1.83. The zero-order valence-electron chi connectivity index (χ0n) is 8.38. The van der Waals surface area contributed by atoms with Gasteiger partial charge in [0.1, 0.15) is 5.69 Å². The van der Waals surface area contributed by atoms with Gasteiger partial charge in [0.05, 0.1) is 11.0 Å². The second kappa shape index (κ2) is 3.30. The summed E-state index contributed by atoms with van der Waals surface area (Å²) in [5, 5.41) is 0. The van der Waals surface area contributed by atoms with E-state index in [4.69, 9.17) is 5.73 Å². The van der Waals surface area contributed by atoms with E-state index in [1.54, 1.807) is 12.4 Å². The van der Waals surface area contributed by atoms with Gasteiger partial charge in [0.2, 0.25) is 0 Å². The molecule has 78 valence electrons. The molecule has 0 unspecified atom stereocenters. The molecule has 0 saturated carbocycles. The predicted molar refractivity (Wildman–Crippen MR) is 61.5 cm³/mol. The minimum atomic E-state index is 0.376. The van der Waals surface area contributed by atoms with Crippen LogP contribution < -0.4 is 5.73 Å². The van der Waals surface area contributed by atoms with E-state index in [-0.39, 0.29) is 0 Å². The monoisotopic (exact) mass is 211 g/mol. The van der Waals surface area contributed by atoms with E-state index in [0.717, 1.165) is 11.0 Å². The Morgan fingerprint density at radius 3 is 2.69 bits per heavy atom. The molecule has 0 spiro atoms. The first-order chi connectivity index (χ1) is 7.84. The fourth-order valence-electron chi connectivity index (χ4n) is 1.60. The molecule has 0 saturated heterocycles. The van der Waals surface area contributed by atoms with Crippen LogP contribution in [0.5, 0.6) is 0 Å². The highest BCUT2D eigenvalue weighted by Crippen LogP contribution is 2.21. The van der Waals surface area contributed by atoms with Gasteiger partial charge in [-0.15, -0.1) is 0 Å². The number of nitrogens with one attached hydrogen (secondary N) is 1. The summed E-state index contributed by atoms with van der Waals surface area (Å²) in [4.78, 5) is 15.7. The number of nitrogens with zero attached hydrogens (tertiary/aromatic N) is 3. The Morgan fingerprint density at radius 2 is 1.88 bits per heavy atom. The maximum atomic E-state index is 5.74. The lowest BCUT2D eigenvalue weighted by atomic mass is 10.3. The first-order valence-corrected chi connectivity index (χ1v) is 4.86. The van der Waals surface area contributed by atoms with Crippen LogP contribution in [0, 0.1) is 0 Å². The molecule has 0 fully saturated rings. The van der Waals surface area contributed by atoms with Gasteiger partial charge in [-0.3, -0.25) is 0 Å². The van der Waals surface area contributed by atoms with Gasteiger partial charge in [0.15, 0.2) is 11.6 Å². The van der Waals surface area contributed by atoms with E-state index in [1.807, 2.05) is 24.3 Å². The van der Waals surface area contributed by atoms with Crippen LogP contribution in [0.1, 0.15) is 0 Å². The molecular weight excluding hydrogens is 202 g/mol. The van der Waals surface area contributed by atoms with Gasteiger partial charge >= 0.3 is 0 Å². The lowest BCUT2D eigenvalue weighted by molar-refractivity contribution is 1.17. The van der Waals surface area contributed by atoms with E-state index in [1.165, 1.54) is 0 Å². The number of fused-ring (bicyclic) bond motifs is 1. The second-order valence-electron chi connectivity index (χ2n) is 3.39. The zero-order valence-corrected chi connectivity index (χ0v) is 8.38. The third-order valence-electron chi connectivity index (χ3n) is 2.34. The van der Waals surface area contributed by atoms with Crippen molar-refractivity contribution >= 4 is 16.9 Å². The molecule has 0 aliphatic carbocycles. The van der Waals surface area contributed by atoms with Crippen molar-refractivity contribution in [2.75, 3.05) is 5.73 Å². The normalized spacial score (nSPS) is 10.8. The fourth-order valence-corrected chi connectivity index (χ4v) is 1.60. The van der Waals surface area contributed by atoms with E-state index in [2.05, 4.69) is 19.9 Å². The van der Waals surface area contributed by atoms with Crippen LogP contribution in [-0.2, 0) is 0 Å². The number of nitrogen functional groups attached to an aromatic ring is 1. The lowest BCUT2D eigenvalue weighted by Crippen LogP contribution is -1.96. The van der Waals surface area contributed by atoms with Crippen molar-refractivity contribution in [3.8, 4) is 11.5 Å². The van der Waals surface area contributed by atoms with E-state index < -0.39 is 0 Å². The smallest absolute Gasteiger partial charge is 0.161 e. The molecule has 2 aromatic heterocycles. The SMILES string of the molecule is Nc1nccnc1-c1nc2ccccc2[nH]1. The summed E-state index contributed by atoms with van der Waals surface area (Å²) in [6.07, 6.45) is 3.15. The number of hydrogen-bond donors (Lipinski definition) is 2. The molecule has 0 aliphatic heterocycles. The second-order valence-corrected chi connectivity index (χ2v) is 3.39. The first-order valence-electron chi connectivity index (χ1n) is 4.86. The summed E-state index contributed by atoms with van der Waals surface area (Å²) in [6, 6.07) is 7.78. The minimum absolute atomic E-state index is 0.376. The van der Waals surface area contributed by atoms with Crippen molar-refractivity contribution in [3.05, 3.63) is 36.7 Å². The number of hydrogen-bond acceptors (Lipinski definition) is 4. The van der Waals surface area contributed by atoms with Gasteiger partial charge in [-0.25, -0.2) is 15.0 Å². The lowest BCUT2D eigenvalue weighted by Gasteiger charge is -1.97. The zero-order chi connectivity index (χ0) is 11.0. The van der Waals surface area contributed by atoms with Crippen LogP contribution in [-0.4, -0.2) is 19.9 Å². The number of aromatic amines is 1. The molecule has 0 atom stereocenters. The van der Waals surface area contributed by atoms with E-state index in [9.17, 15) is 0 Å². The summed E-state index contributed by atoms with van der Waals surface area (Å²) in [5.74, 6) is 1.02. The van der Waals surface area contributed by atoms with Gasteiger partial charge < -0.3 is 10.7 Å². The number of aromatic nitrogens is 4. The highest BCUT2D eigenvalue weighted by atomic mass is 15.0. The third-order valence-corrected chi connectivity index (χ3v) is 2.34. The molecule has 16 heavy (non-hydrogen) atoms. The van der Waals surface area contributed by atoms with E-state index in [0.29, 0.717) is 17.3 Å². The molecule has 5 nitrogen and oxygen atoms in total. The average Bonchev–Trinajstić information content (AvgIpc) is 2.73. The highest BCUT2D eigenvalue weighted by molar-refractivity contribution is 5.80. The number of imidazole rings is 1. The molecule has 3 aromatic rings. The maximum absolute atomic E-state index is 5.74. The van der Waals surface area contributed by atoms with Crippen LogP contribution in [0.15, 0.2) is 36.7 Å². The van der Waals surface area contributed by atoms with Crippen LogP contribution >= 0.6 is 0 Å². The summed E-state index contributed by atoms with van der Waals surface area (Å²) in [6.45, 7) is 0. The number of nitrogens with two attached hydrogens (primary N) is 1. The maximum Gasteiger partial charge on any atom is 0.161 e. The number of H-pyrrole nitrogens is 1. The molecule has 1 aromatic carbocycles. The molecule has 0 radical (unpaired) electrons. The summed E-state index contributed by atoms with van der Waals surface area (Å²) >= 11 is 0. The summed E-state index contributed by atoms with van der Waals surface area (Å²) in [7, 11) is 0. The quantitative estimate of drug-likeness (QED) is 0.640. The number of anilines is 1. The predicted octanol–water partition coefficient (Wildman–Crippen LogP) is 1.60.